The fourth-order valence-electron chi connectivity index (χ4n) is 5.05. The maximum absolute atomic E-state index is 13.9. The molecule has 4 aromatic carbocycles. The molecular weight excluding hydrogens is 598 g/mol. The lowest BCUT2D eigenvalue weighted by atomic mass is 9.96. The number of aromatic nitrogens is 2. The zero-order chi connectivity index (χ0) is 33.7. The van der Waals surface area contributed by atoms with Gasteiger partial charge in [0, 0.05) is 28.9 Å². The summed E-state index contributed by atoms with van der Waals surface area (Å²) < 4.78 is 12.9. The molecule has 1 amide bonds. The molecular formula is C36H35N5O6. The van der Waals surface area contributed by atoms with E-state index >= 15 is 0 Å². The molecule has 5 aromatic rings. The van der Waals surface area contributed by atoms with Crippen molar-refractivity contribution in [3.63, 3.8) is 0 Å². The van der Waals surface area contributed by atoms with E-state index in [4.69, 9.17) is 14.5 Å². The second-order valence-corrected chi connectivity index (χ2v) is 11.3. The molecule has 11 heteroatoms. The molecule has 0 unspecified atom stereocenters. The van der Waals surface area contributed by atoms with Crippen molar-refractivity contribution in [2.45, 2.75) is 40.5 Å². The highest BCUT2D eigenvalue weighted by molar-refractivity contribution is 5.92. The van der Waals surface area contributed by atoms with E-state index in [1.165, 1.54) is 29.1 Å². The van der Waals surface area contributed by atoms with Crippen molar-refractivity contribution in [3.05, 3.63) is 122 Å². The van der Waals surface area contributed by atoms with Gasteiger partial charge in [0.25, 0.3) is 17.2 Å². The Kier molecular flexibility index (Phi) is 9.74. The topological polar surface area (TPSA) is 138 Å². The number of amides is 1. The first-order valence-corrected chi connectivity index (χ1v) is 15.2. The van der Waals surface area contributed by atoms with Crippen molar-refractivity contribution in [2.75, 3.05) is 18.5 Å². The van der Waals surface area contributed by atoms with Gasteiger partial charge in [0.1, 0.15) is 11.5 Å². The van der Waals surface area contributed by atoms with E-state index in [1.807, 2.05) is 45.0 Å². The molecule has 0 saturated heterocycles. The minimum atomic E-state index is -0.545. The van der Waals surface area contributed by atoms with Crippen molar-refractivity contribution < 1.29 is 19.2 Å². The summed E-state index contributed by atoms with van der Waals surface area (Å²) in [5, 5.41) is 19.3. The molecule has 5 rings (SSSR count). The molecule has 0 bridgehead atoms. The maximum atomic E-state index is 13.9. The molecule has 0 saturated carbocycles. The fourth-order valence-corrected chi connectivity index (χ4v) is 5.05. The van der Waals surface area contributed by atoms with Crippen molar-refractivity contribution in [2.24, 2.45) is 5.10 Å². The van der Waals surface area contributed by atoms with Crippen LogP contribution < -0.4 is 20.3 Å². The number of nitrogens with zero attached hydrogens (tertiary/aromatic N) is 4. The predicted molar refractivity (Wildman–Crippen MR) is 183 cm³/mol. The summed E-state index contributed by atoms with van der Waals surface area (Å²) >= 11 is 0. The third kappa shape index (κ3) is 7.36. The highest BCUT2D eigenvalue weighted by Crippen LogP contribution is 2.34. The lowest BCUT2D eigenvalue weighted by Crippen LogP contribution is -2.21. The first-order chi connectivity index (χ1) is 22.5. The molecule has 0 aliphatic carbocycles. The predicted octanol–water partition coefficient (Wildman–Crippen LogP) is 7.01. The van der Waals surface area contributed by atoms with Gasteiger partial charge in [0.2, 0.25) is 0 Å². The molecule has 11 nitrogen and oxygen atoms in total. The number of aryl methyl sites for hydroxylation is 2. The number of nitro benzene ring substituents is 1. The highest BCUT2D eigenvalue weighted by Gasteiger charge is 2.19. The first kappa shape index (κ1) is 32.6. The van der Waals surface area contributed by atoms with E-state index in [-0.39, 0.29) is 35.3 Å². The quantitative estimate of drug-likeness (QED) is 0.0938. The highest BCUT2D eigenvalue weighted by atomic mass is 16.6. The number of hydrogen-bond acceptors (Lipinski definition) is 8. The number of non-ortho nitro benzene ring substituents is 1. The fraction of sp³-hybridized carbons (Fsp3) is 0.222. The van der Waals surface area contributed by atoms with Crippen molar-refractivity contribution in [1.82, 2.24) is 9.66 Å². The normalized spacial score (nSPS) is 11.3. The smallest absolute Gasteiger partial charge is 0.282 e. The minimum absolute atomic E-state index is 0.118. The molecule has 240 valence electrons. The molecule has 1 aromatic heterocycles. The number of fused-ring (bicyclic) bond motifs is 1. The van der Waals surface area contributed by atoms with E-state index in [1.54, 1.807) is 36.4 Å². The lowest BCUT2D eigenvalue weighted by Gasteiger charge is -2.18. The summed E-state index contributed by atoms with van der Waals surface area (Å²) in [4.78, 5) is 42.5. The number of carbonyl (C=O) groups excluding carboxylic acids is 1. The molecule has 0 atom stereocenters. The maximum Gasteiger partial charge on any atom is 0.282 e. The summed E-state index contributed by atoms with van der Waals surface area (Å²) in [7, 11) is 0. The number of nitro groups is 1. The Labute approximate surface area is 271 Å². The van der Waals surface area contributed by atoms with Crippen LogP contribution in [0.1, 0.15) is 48.9 Å². The third-order valence-corrected chi connectivity index (χ3v) is 7.48. The second-order valence-electron chi connectivity index (χ2n) is 11.3. The number of anilines is 1. The van der Waals surface area contributed by atoms with Gasteiger partial charge in [-0.25, -0.2) is 4.98 Å². The van der Waals surface area contributed by atoms with E-state index in [9.17, 15) is 19.7 Å². The largest absolute Gasteiger partial charge is 0.494 e. The van der Waals surface area contributed by atoms with Gasteiger partial charge < -0.3 is 14.8 Å². The van der Waals surface area contributed by atoms with Crippen LogP contribution in [0.5, 0.6) is 11.5 Å². The van der Waals surface area contributed by atoms with Crippen LogP contribution in [-0.4, -0.2) is 39.9 Å². The lowest BCUT2D eigenvalue weighted by molar-refractivity contribution is -0.384. The SMILES string of the molecule is CCOc1cc(C)c(-c2nc3ccccc3c(=O)n2N=Cc2cc([N+](=O)[O-])ccc2OCC(=O)Nc2ccc(C)cc2)cc1C(C)C. The number of para-hydroxylation sites is 1. The number of nitrogens with one attached hydrogen (secondary N) is 1. The minimum Gasteiger partial charge on any atom is -0.494 e. The molecule has 0 fully saturated rings. The number of benzene rings is 4. The zero-order valence-corrected chi connectivity index (χ0v) is 26.8. The second kappa shape index (κ2) is 14.1. The number of carbonyl (C=O) groups is 1. The average molecular weight is 634 g/mol. The summed E-state index contributed by atoms with van der Waals surface area (Å²) in [6.45, 7) is 10.0. The average Bonchev–Trinajstić information content (AvgIpc) is 3.04. The van der Waals surface area contributed by atoms with Crippen LogP contribution in [0.2, 0.25) is 0 Å². The molecule has 47 heavy (non-hydrogen) atoms. The third-order valence-electron chi connectivity index (χ3n) is 7.48. The molecule has 0 aliphatic heterocycles. The van der Waals surface area contributed by atoms with Crippen LogP contribution in [0, 0.1) is 24.0 Å². The molecule has 0 radical (unpaired) electrons. The van der Waals surface area contributed by atoms with E-state index in [0.717, 1.165) is 22.4 Å². The summed E-state index contributed by atoms with van der Waals surface area (Å²) in [6.07, 6.45) is 1.30. The van der Waals surface area contributed by atoms with Gasteiger partial charge in [-0.05, 0) is 80.3 Å². The molecule has 1 N–H and O–H groups in total. The number of rotatable bonds is 11. The van der Waals surface area contributed by atoms with Crippen LogP contribution in [-0.2, 0) is 4.79 Å². The monoisotopic (exact) mass is 633 g/mol. The van der Waals surface area contributed by atoms with Crippen molar-refractivity contribution in [3.8, 4) is 22.9 Å². The Bertz CT molecular complexity index is 2050. The van der Waals surface area contributed by atoms with Crippen LogP contribution in [0.25, 0.3) is 22.3 Å². The van der Waals surface area contributed by atoms with Gasteiger partial charge in [0.05, 0.1) is 28.6 Å². The molecule has 0 spiro atoms. The van der Waals surface area contributed by atoms with Crippen LogP contribution in [0.3, 0.4) is 0 Å². The molecule has 1 heterocycles. The first-order valence-electron chi connectivity index (χ1n) is 15.2. The van der Waals surface area contributed by atoms with Crippen LogP contribution >= 0.6 is 0 Å². The van der Waals surface area contributed by atoms with Gasteiger partial charge in [-0.2, -0.15) is 9.78 Å². The van der Waals surface area contributed by atoms with Gasteiger partial charge in [-0.3, -0.25) is 19.7 Å². The summed E-state index contributed by atoms with van der Waals surface area (Å²) in [5.74, 6) is 0.915. The molecule has 0 aliphatic rings. The summed E-state index contributed by atoms with van der Waals surface area (Å²) in [5.41, 5.74) is 4.17. The van der Waals surface area contributed by atoms with Gasteiger partial charge in [-0.15, -0.1) is 0 Å². The van der Waals surface area contributed by atoms with E-state index in [2.05, 4.69) is 24.3 Å². The Balaban J connectivity index is 1.58. The number of ether oxygens (including phenoxy) is 2. The van der Waals surface area contributed by atoms with Gasteiger partial charge in [0.15, 0.2) is 12.4 Å². The van der Waals surface area contributed by atoms with E-state index in [0.29, 0.717) is 28.8 Å². The Morgan fingerprint density at radius 1 is 1.02 bits per heavy atom. The zero-order valence-electron chi connectivity index (χ0n) is 26.8. The Morgan fingerprint density at radius 3 is 2.47 bits per heavy atom. The van der Waals surface area contributed by atoms with Gasteiger partial charge in [-0.1, -0.05) is 43.7 Å². The van der Waals surface area contributed by atoms with Crippen LogP contribution in [0.4, 0.5) is 11.4 Å². The number of hydrogen-bond donors (Lipinski definition) is 1. The van der Waals surface area contributed by atoms with Crippen molar-refractivity contribution in [1.29, 1.82) is 0 Å². The van der Waals surface area contributed by atoms with Crippen molar-refractivity contribution >= 4 is 34.4 Å². The Hall–Kier alpha value is -5.84. The summed E-state index contributed by atoms with van der Waals surface area (Å²) in [6, 6.07) is 22.1. The Morgan fingerprint density at radius 2 is 1.77 bits per heavy atom. The van der Waals surface area contributed by atoms with E-state index < -0.39 is 16.4 Å². The standard InChI is InChI=1S/C36H35N5O6/c1-6-46-33-17-24(5)30(19-29(33)22(2)3)35-39-31-10-8-7-9-28(31)36(43)40(35)37-20-25-18-27(41(44)45)15-16-32(25)47-21-34(42)38-26-13-11-23(4)12-14-26/h7-20,22H,6,21H2,1-5H3,(H,38,42). The van der Waals surface area contributed by atoms with Gasteiger partial charge >= 0.3 is 0 Å². The van der Waals surface area contributed by atoms with Crippen LogP contribution in [0.15, 0.2) is 88.8 Å².